The number of aromatic nitrogens is 1. The Bertz CT molecular complexity index is 1270. The summed E-state index contributed by atoms with van der Waals surface area (Å²) >= 11 is 1.30. The van der Waals surface area contributed by atoms with Crippen molar-refractivity contribution in [2.24, 2.45) is 4.99 Å². The lowest BCUT2D eigenvalue weighted by Gasteiger charge is -2.01. The molecule has 0 aliphatic heterocycles. The largest absolute Gasteiger partial charge is 0.506 e. The molecule has 0 atom stereocenters. The molecule has 27 heavy (non-hydrogen) atoms. The third-order valence-corrected chi connectivity index (χ3v) is 4.75. The Hall–Kier alpha value is -3.52. The summed E-state index contributed by atoms with van der Waals surface area (Å²) in [6, 6.07) is 12.1. The van der Waals surface area contributed by atoms with Crippen LogP contribution in [0.15, 0.2) is 56.7 Å². The van der Waals surface area contributed by atoms with Crippen LogP contribution < -0.4 is 10.9 Å². The van der Waals surface area contributed by atoms with Gasteiger partial charge in [0.05, 0.1) is 15.6 Å². The molecule has 134 valence electrons. The predicted octanol–water partition coefficient (Wildman–Crippen LogP) is 3.82. The Kier molecular flexibility index (Phi) is 4.17. The number of benzene rings is 2. The van der Waals surface area contributed by atoms with E-state index in [1.807, 2.05) is 0 Å². The molecule has 0 bridgehead atoms. The van der Waals surface area contributed by atoms with Gasteiger partial charge in [0, 0.05) is 18.8 Å². The van der Waals surface area contributed by atoms with Gasteiger partial charge in [0.1, 0.15) is 16.9 Å². The maximum Gasteiger partial charge on any atom is 0.348 e. The second kappa shape index (κ2) is 6.65. The molecule has 0 spiro atoms. The van der Waals surface area contributed by atoms with Gasteiger partial charge in [-0.1, -0.05) is 23.5 Å². The highest BCUT2D eigenvalue weighted by molar-refractivity contribution is 7.22. The fourth-order valence-corrected chi connectivity index (χ4v) is 3.48. The summed E-state index contributed by atoms with van der Waals surface area (Å²) in [6.07, 6.45) is 1.25. The van der Waals surface area contributed by atoms with Crippen molar-refractivity contribution < 1.29 is 14.3 Å². The van der Waals surface area contributed by atoms with E-state index in [2.05, 4.69) is 15.3 Å². The van der Waals surface area contributed by atoms with E-state index in [1.165, 1.54) is 24.5 Å². The van der Waals surface area contributed by atoms with Crippen molar-refractivity contribution in [2.45, 2.75) is 6.92 Å². The highest BCUT2D eigenvalue weighted by Gasteiger charge is 2.12. The van der Waals surface area contributed by atoms with Gasteiger partial charge in [0.2, 0.25) is 11.0 Å². The Labute approximate surface area is 156 Å². The van der Waals surface area contributed by atoms with Crippen LogP contribution in [0.5, 0.6) is 5.75 Å². The van der Waals surface area contributed by atoms with Gasteiger partial charge in [-0.25, -0.2) is 14.8 Å². The third-order valence-electron chi connectivity index (χ3n) is 3.82. The lowest BCUT2D eigenvalue weighted by Crippen LogP contribution is -2.06. The van der Waals surface area contributed by atoms with Crippen molar-refractivity contribution in [1.82, 2.24) is 4.98 Å². The molecule has 0 unspecified atom stereocenters. The molecule has 2 N–H and O–H groups in total. The number of amides is 1. The highest BCUT2D eigenvalue weighted by Crippen LogP contribution is 2.31. The van der Waals surface area contributed by atoms with Gasteiger partial charge >= 0.3 is 5.63 Å². The third kappa shape index (κ3) is 3.30. The minimum absolute atomic E-state index is 0.0353. The zero-order valence-electron chi connectivity index (χ0n) is 14.1. The number of carbonyl (C=O) groups is 1. The Morgan fingerprint density at radius 1 is 1.30 bits per heavy atom. The number of thiazole rings is 1. The van der Waals surface area contributed by atoms with E-state index in [0.717, 1.165) is 10.2 Å². The number of carbonyl (C=O) groups excluding carboxylic acids is 1. The van der Waals surface area contributed by atoms with Crippen LogP contribution >= 0.6 is 11.3 Å². The molecule has 0 saturated carbocycles. The minimum Gasteiger partial charge on any atom is -0.506 e. The monoisotopic (exact) mass is 379 g/mol. The number of hydrogen-bond acceptors (Lipinski definition) is 7. The fraction of sp³-hybridized carbons (Fsp3) is 0.0526. The first-order valence-corrected chi connectivity index (χ1v) is 8.80. The molecule has 0 aliphatic rings. The molecule has 7 nitrogen and oxygen atoms in total. The minimum atomic E-state index is -0.677. The van der Waals surface area contributed by atoms with Gasteiger partial charge in [-0.3, -0.25) is 4.79 Å². The van der Waals surface area contributed by atoms with Crippen LogP contribution in [0, 0.1) is 0 Å². The number of hydrogen-bond donors (Lipinski definition) is 2. The van der Waals surface area contributed by atoms with E-state index in [0.29, 0.717) is 21.8 Å². The topological polar surface area (TPSA) is 105 Å². The molecule has 0 radical (unpaired) electrons. The van der Waals surface area contributed by atoms with Gasteiger partial charge in [-0.15, -0.1) is 0 Å². The predicted molar refractivity (Wildman–Crippen MR) is 105 cm³/mol. The number of para-hydroxylation sites is 1. The number of anilines is 1. The molecule has 2 heterocycles. The first-order valence-electron chi connectivity index (χ1n) is 7.98. The average Bonchev–Trinajstić information content (AvgIpc) is 3.03. The standard InChI is InChI=1S/C19H13N3O4S/c1-10(23)21-11-6-7-14-16(8-11)27-19(22-14)20-9-13-17(24)12-4-2-3-5-15(12)26-18(13)25/h2-9,24H,1H3,(H,21,23). The summed E-state index contributed by atoms with van der Waals surface area (Å²) in [5.41, 5.74) is 0.983. The van der Waals surface area contributed by atoms with Crippen molar-refractivity contribution in [3.63, 3.8) is 0 Å². The summed E-state index contributed by atoms with van der Waals surface area (Å²) in [7, 11) is 0. The van der Waals surface area contributed by atoms with Crippen LogP contribution in [0.1, 0.15) is 12.5 Å². The van der Waals surface area contributed by atoms with Crippen LogP contribution in [-0.4, -0.2) is 22.2 Å². The Morgan fingerprint density at radius 2 is 2.11 bits per heavy atom. The summed E-state index contributed by atoms with van der Waals surface area (Å²) in [4.78, 5) is 31.9. The molecular weight excluding hydrogens is 366 g/mol. The number of rotatable bonds is 3. The summed E-state index contributed by atoms with van der Waals surface area (Å²) in [6.45, 7) is 1.44. The van der Waals surface area contributed by atoms with E-state index in [1.54, 1.807) is 42.5 Å². The molecular formula is C19H13N3O4S. The molecule has 2 aromatic heterocycles. The molecule has 4 aromatic rings. The normalized spacial score (nSPS) is 11.4. The molecule has 2 aromatic carbocycles. The molecule has 0 saturated heterocycles. The van der Waals surface area contributed by atoms with Crippen LogP contribution in [0.2, 0.25) is 0 Å². The Balaban J connectivity index is 1.71. The average molecular weight is 379 g/mol. The van der Waals surface area contributed by atoms with Gasteiger partial charge in [0.15, 0.2) is 0 Å². The van der Waals surface area contributed by atoms with E-state index in [-0.39, 0.29) is 17.2 Å². The SMILES string of the molecule is CC(=O)Nc1ccc2nc(N=Cc3c(O)c4ccccc4oc3=O)sc2c1. The molecule has 4 rings (SSSR count). The van der Waals surface area contributed by atoms with E-state index in [4.69, 9.17) is 4.42 Å². The lowest BCUT2D eigenvalue weighted by atomic mass is 10.1. The van der Waals surface area contributed by atoms with Crippen molar-refractivity contribution in [1.29, 1.82) is 0 Å². The lowest BCUT2D eigenvalue weighted by molar-refractivity contribution is -0.114. The van der Waals surface area contributed by atoms with E-state index < -0.39 is 5.63 Å². The van der Waals surface area contributed by atoms with Gasteiger partial charge < -0.3 is 14.8 Å². The smallest absolute Gasteiger partial charge is 0.348 e. The second-order valence-electron chi connectivity index (χ2n) is 5.77. The molecule has 0 fully saturated rings. The maximum absolute atomic E-state index is 12.1. The van der Waals surface area contributed by atoms with E-state index >= 15 is 0 Å². The number of fused-ring (bicyclic) bond motifs is 2. The number of aliphatic imine (C=N–C) groups is 1. The first kappa shape index (κ1) is 16.9. The second-order valence-corrected chi connectivity index (χ2v) is 6.78. The van der Waals surface area contributed by atoms with Gasteiger partial charge in [-0.2, -0.15) is 0 Å². The van der Waals surface area contributed by atoms with Gasteiger partial charge in [-0.05, 0) is 30.3 Å². The summed E-state index contributed by atoms with van der Waals surface area (Å²) in [5.74, 6) is -0.338. The van der Waals surface area contributed by atoms with Crippen LogP contribution in [0.25, 0.3) is 21.2 Å². The van der Waals surface area contributed by atoms with E-state index in [9.17, 15) is 14.7 Å². The molecule has 1 amide bonds. The Morgan fingerprint density at radius 3 is 2.93 bits per heavy atom. The molecule has 0 aliphatic carbocycles. The van der Waals surface area contributed by atoms with Crippen LogP contribution in [0.3, 0.4) is 0 Å². The van der Waals surface area contributed by atoms with Crippen molar-refractivity contribution >= 4 is 55.5 Å². The molecule has 8 heteroatoms. The maximum atomic E-state index is 12.1. The van der Waals surface area contributed by atoms with Crippen LogP contribution in [-0.2, 0) is 4.79 Å². The van der Waals surface area contributed by atoms with Gasteiger partial charge in [0.25, 0.3) is 0 Å². The fourth-order valence-electron chi connectivity index (χ4n) is 2.63. The van der Waals surface area contributed by atoms with Crippen molar-refractivity contribution in [3.05, 3.63) is 58.4 Å². The number of nitrogens with zero attached hydrogens (tertiary/aromatic N) is 2. The van der Waals surface area contributed by atoms with Crippen molar-refractivity contribution in [3.8, 4) is 5.75 Å². The zero-order chi connectivity index (χ0) is 19.0. The van der Waals surface area contributed by atoms with Crippen molar-refractivity contribution in [2.75, 3.05) is 5.32 Å². The summed E-state index contributed by atoms with van der Waals surface area (Å²) < 4.78 is 6.05. The number of aromatic hydroxyl groups is 1. The quantitative estimate of drug-likeness (QED) is 0.416. The summed E-state index contributed by atoms with van der Waals surface area (Å²) in [5, 5.41) is 13.9. The number of nitrogens with one attached hydrogen (secondary N) is 1. The highest BCUT2D eigenvalue weighted by atomic mass is 32.1. The first-order chi connectivity index (χ1) is 13.0. The zero-order valence-corrected chi connectivity index (χ0v) is 14.9. The van der Waals surface area contributed by atoms with Crippen LogP contribution in [0.4, 0.5) is 10.8 Å².